The lowest BCUT2D eigenvalue weighted by Gasteiger charge is -2.28. The fourth-order valence-corrected chi connectivity index (χ4v) is 3.75. The van der Waals surface area contributed by atoms with Gasteiger partial charge in [0.2, 0.25) is 0 Å². The second-order valence-corrected chi connectivity index (χ2v) is 6.58. The summed E-state index contributed by atoms with van der Waals surface area (Å²) in [5.74, 6) is 0. The second kappa shape index (κ2) is 5.51. The van der Waals surface area contributed by atoms with Crippen molar-refractivity contribution >= 4 is 11.3 Å². The fourth-order valence-electron chi connectivity index (χ4n) is 2.71. The molecule has 0 saturated heterocycles. The standard InChI is InChI=1S/C14H23NOS/c1-3-12-6-7-13(17-12)10-15(2)11-14(16)8-4-5-9-14/h6-7,16H,3-5,8-11H2,1-2H3. The zero-order valence-corrected chi connectivity index (χ0v) is 11.7. The second-order valence-electron chi connectivity index (χ2n) is 5.33. The zero-order chi connectivity index (χ0) is 12.3. The lowest BCUT2D eigenvalue weighted by molar-refractivity contribution is 0.0147. The molecule has 0 bridgehead atoms. The van der Waals surface area contributed by atoms with Gasteiger partial charge in [0.25, 0.3) is 0 Å². The number of thiophene rings is 1. The summed E-state index contributed by atoms with van der Waals surface area (Å²) in [5, 5.41) is 10.4. The van der Waals surface area contributed by atoms with Gasteiger partial charge in [-0.3, -0.25) is 4.90 Å². The average Bonchev–Trinajstić information content (AvgIpc) is 2.87. The summed E-state index contributed by atoms with van der Waals surface area (Å²) in [5.41, 5.74) is -0.417. The van der Waals surface area contributed by atoms with E-state index in [4.69, 9.17) is 0 Å². The first kappa shape index (κ1) is 13.1. The van der Waals surface area contributed by atoms with Crippen molar-refractivity contribution in [2.75, 3.05) is 13.6 Å². The van der Waals surface area contributed by atoms with Crippen LogP contribution < -0.4 is 0 Å². The molecule has 1 N–H and O–H groups in total. The van der Waals surface area contributed by atoms with Gasteiger partial charge in [-0.15, -0.1) is 11.3 Å². The summed E-state index contributed by atoms with van der Waals surface area (Å²) in [7, 11) is 2.11. The number of hydrogen-bond acceptors (Lipinski definition) is 3. The Kier molecular flexibility index (Phi) is 4.23. The number of rotatable bonds is 5. The van der Waals surface area contributed by atoms with Gasteiger partial charge in [-0.25, -0.2) is 0 Å². The van der Waals surface area contributed by atoms with Gasteiger partial charge in [-0.1, -0.05) is 19.8 Å². The molecule has 1 aliphatic carbocycles. The van der Waals surface area contributed by atoms with Crippen LogP contribution in [0.3, 0.4) is 0 Å². The van der Waals surface area contributed by atoms with Gasteiger partial charge in [-0.2, -0.15) is 0 Å². The summed E-state index contributed by atoms with van der Waals surface area (Å²) >= 11 is 1.89. The quantitative estimate of drug-likeness (QED) is 0.872. The molecule has 1 heterocycles. The first-order valence-electron chi connectivity index (χ1n) is 6.60. The third-order valence-electron chi connectivity index (χ3n) is 3.59. The first-order valence-corrected chi connectivity index (χ1v) is 7.41. The number of nitrogens with zero attached hydrogens (tertiary/aromatic N) is 1. The van der Waals surface area contributed by atoms with Gasteiger partial charge in [0.15, 0.2) is 0 Å². The van der Waals surface area contributed by atoms with E-state index in [2.05, 4.69) is 31.0 Å². The van der Waals surface area contributed by atoms with Gasteiger partial charge in [0.05, 0.1) is 5.60 Å². The number of likely N-dealkylation sites (N-methyl/N-ethyl adjacent to an activating group) is 1. The van der Waals surface area contributed by atoms with E-state index in [0.717, 1.165) is 32.4 Å². The van der Waals surface area contributed by atoms with Crippen LogP contribution in [-0.4, -0.2) is 29.2 Å². The number of aliphatic hydroxyl groups is 1. The molecule has 0 aromatic carbocycles. The first-order chi connectivity index (χ1) is 8.11. The van der Waals surface area contributed by atoms with Crippen molar-refractivity contribution in [3.63, 3.8) is 0 Å². The molecule has 0 atom stereocenters. The van der Waals surface area contributed by atoms with Crippen molar-refractivity contribution in [1.82, 2.24) is 4.90 Å². The maximum atomic E-state index is 10.4. The number of aryl methyl sites for hydroxylation is 1. The number of hydrogen-bond donors (Lipinski definition) is 1. The molecule has 1 saturated carbocycles. The van der Waals surface area contributed by atoms with E-state index in [1.54, 1.807) is 0 Å². The highest BCUT2D eigenvalue weighted by Gasteiger charge is 2.32. The summed E-state index contributed by atoms with van der Waals surface area (Å²) < 4.78 is 0. The summed E-state index contributed by atoms with van der Waals surface area (Å²) in [6, 6.07) is 4.44. The van der Waals surface area contributed by atoms with E-state index in [1.165, 1.54) is 22.6 Å². The summed E-state index contributed by atoms with van der Waals surface area (Å²) in [6.45, 7) is 3.97. The van der Waals surface area contributed by atoms with E-state index in [9.17, 15) is 5.11 Å². The van der Waals surface area contributed by atoms with Gasteiger partial charge in [0, 0.05) is 22.8 Å². The fraction of sp³-hybridized carbons (Fsp3) is 0.714. The third kappa shape index (κ3) is 3.54. The van der Waals surface area contributed by atoms with Crippen molar-refractivity contribution < 1.29 is 5.11 Å². The normalized spacial score (nSPS) is 19.1. The van der Waals surface area contributed by atoms with Crippen molar-refractivity contribution in [2.24, 2.45) is 0 Å². The molecular formula is C14H23NOS. The molecule has 0 aliphatic heterocycles. The smallest absolute Gasteiger partial charge is 0.0774 e. The molecule has 0 amide bonds. The van der Waals surface area contributed by atoms with Crippen molar-refractivity contribution in [3.8, 4) is 0 Å². The molecule has 0 radical (unpaired) electrons. The highest BCUT2D eigenvalue weighted by Crippen LogP contribution is 2.30. The third-order valence-corrected chi connectivity index (χ3v) is 4.80. The molecule has 0 unspecified atom stereocenters. The predicted molar refractivity (Wildman–Crippen MR) is 73.4 cm³/mol. The Morgan fingerprint density at radius 3 is 2.53 bits per heavy atom. The molecule has 17 heavy (non-hydrogen) atoms. The molecule has 1 fully saturated rings. The van der Waals surface area contributed by atoms with Crippen LogP contribution in [-0.2, 0) is 13.0 Å². The van der Waals surface area contributed by atoms with Crippen molar-refractivity contribution in [2.45, 2.75) is 51.2 Å². The maximum Gasteiger partial charge on any atom is 0.0774 e. The van der Waals surface area contributed by atoms with Crippen LogP contribution in [0.25, 0.3) is 0 Å². The minimum atomic E-state index is -0.417. The van der Waals surface area contributed by atoms with Crippen LogP contribution in [0.4, 0.5) is 0 Å². The Morgan fingerprint density at radius 2 is 1.94 bits per heavy atom. The van der Waals surface area contributed by atoms with E-state index >= 15 is 0 Å². The molecule has 0 spiro atoms. The zero-order valence-electron chi connectivity index (χ0n) is 10.9. The van der Waals surface area contributed by atoms with Crippen LogP contribution in [0.2, 0.25) is 0 Å². The average molecular weight is 253 g/mol. The van der Waals surface area contributed by atoms with E-state index in [0.29, 0.717) is 0 Å². The van der Waals surface area contributed by atoms with E-state index in [-0.39, 0.29) is 0 Å². The minimum absolute atomic E-state index is 0.417. The monoisotopic (exact) mass is 253 g/mol. The van der Waals surface area contributed by atoms with Crippen molar-refractivity contribution in [1.29, 1.82) is 0 Å². The van der Waals surface area contributed by atoms with Gasteiger partial charge < -0.3 is 5.11 Å². The Hall–Kier alpha value is -0.380. The van der Waals surface area contributed by atoms with Crippen molar-refractivity contribution in [3.05, 3.63) is 21.9 Å². The summed E-state index contributed by atoms with van der Waals surface area (Å²) in [6.07, 6.45) is 5.44. The lowest BCUT2D eigenvalue weighted by Crippen LogP contribution is -2.38. The molecule has 1 aromatic heterocycles. The molecule has 1 aromatic rings. The predicted octanol–water partition coefficient (Wildman–Crippen LogP) is 3.05. The van der Waals surface area contributed by atoms with Crippen LogP contribution in [0.15, 0.2) is 12.1 Å². The van der Waals surface area contributed by atoms with Gasteiger partial charge >= 0.3 is 0 Å². The Labute approximate surface area is 108 Å². The van der Waals surface area contributed by atoms with E-state index < -0.39 is 5.60 Å². The highest BCUT2D eigenvalue weighted by atomic mass is 32.1. The molecule has 2 nitrogen and oxygen atoms in total. The van der Waals surface area contributed by atoms with Crippen LogP contribution in [0.1, 0.15) is 42.4 Å². The Bertz CT molecular complexity index is 355. The molecule has 2 rings (SSSR count). The topological polar surface area (TPSA) is 23.5 Å². The minimum Gasteiger partial charge on any atom is -0.389 e. The Morgan fingerprint density at radius 1 is 1.29 bits per heavy atom. The molecular weight excluding hydrogens is 230 g/mol. The lowest BCUT2D eigenvalue weighted by atomic mass is 10.0. The largest absolute Gasteiger partial charge is 0.389 e. The maximum absolute atomic E-state index is 10.4. The van der Waals surface area contributed by atoms with Crippen LogP contribution >= 0.6 is 11.3 Å². The van der Waals surface area contributed by atoms with Crippen LogP contribution in [0.5, 0.6) is 0 Å². The van der Waals surface area contributed by atoms with E-state index in [1.807, 2.05) is 11.3 Å². The summed E-state index contributed by atoms with van der Waals surface area (Å²) in [4.78, 5) is 5.12. The van der Waals surface area contributed by atoms with Gasteiger partial charge in [0.1, 0.15) is 0 Å². The molecule has 1 aliphatic rings. The molecule has 3 heteroatoms. The SMILES string of the molecule is CCc1ccc(CN(C)CC2(O)CCCC2)s1. The van der Waals surface area contributed by atoms with Gasteiger partial charge in [-0.05, 0) is 38.4 Å². The molecule has 96 valence electrons. The Balaban J connectivity index is 1.86. The highest BCUT2D eigenvalue weighted by molar-refractivity contribution is 7.11. The van der Waals surface area contributed by atoms with Crippen LogP contribution in [0, 0.1) is 0 Å².